The van der Waals surface area contributed by atoms with Crippen LogP contribution in [0, 0.1) is 0 Å². The lowest BCUT2D eigenvalue weighted by atomic mass is 10.2. The normalized spacial score (nSPS) is 10.6. The Morgan fingerprint density at radius 2 is 1.88 bits per heavy atom. The number of methoxy groups -OCH3 is 1. The zero-order valence-corrected chi connectivity index (χ0v) is 15.2. The molecule has 26 heavy (non-hydrogen) atoms. The molecule has 0 saturated carbocycles. The molecule has 0 aliphatic carbocycles. The van der Waals surface area contributed by atoms with E-state index in [-0.39, 0.29) is 5.56 Å². The first-order valence-corrected chi connectivity index (χ1v) is 8.46. The van der Waals surface area contributed by atoms with Crippen molar-refractivity contribution in [1.29, 1.82) is 0 Å². The standard InChI is InChI=1S/C17H16N4O4S/c1-20-8-12(15(23)21(2)17(20)24)14(22)19-16-18-13(9-26-16)10-4-6-11(25-3)7-5-10/h4-9H,1-3H3,(H,18,19,22). The van der Waals surface area contributed by atoms with Gasteiger partial charge in [-0.25, -0.2) is 9.78 Å². The number of thiazole rings is 1. The number of rotatable bonds is 4. The topological polar surface area (TPSA) is 95.2 Å². The lowest BCUT2D eigenvalue weighted by Gasteiger charge is -2.06. The van der Waals surface area contributed by atoms with Gasteiger partial charge < -0.3 is 9.30 Å². The molecule has 8 nitrogen and oxygen atoms in total. The van der Waals surface area contributed by atoms with Crippen molar-refractivity contribution in [2.24, 2.45) is 14.1 Å². The Bertz CT molecular complexity index is 1080. The second-order valence-electron chi connectivity index (χ2n) is 5.52. The van der Waals surface area contributed by atoms with Crippen LogP contribution in [0.2, 0.25) is 0 Å². The number of nitrogens with zero attached hydrogens (tertiary/aromatic N) is 3. The molecule has 1 aromatic carbocycles. The summed E-state index contributed by atoms with van der Waals surface area (Å²) < 4.78 is 7.19. The van der Waals surface area contributed by atoms with Gasteiger partial charge in [0.25, 0.3) is 11.5 Å². The molecule has 0 fully saturated rings. The smallest absolute Gasteiger partial charge is 0.330 e. The third-order valence-corrected chi connectivity index (χ3v) is 4.56. The van der Waals surface area contributed by atoms with Crippen LogP contribution < -0.4 is 21.3 Å². The lowest BCUT2D eigenvalue weighted by Crippen LogP contribution is -2.40. The van der Waals surface area contributed by atoms with Gasteiger partial charge in [-0.3, -0.25) is 19.5 Å². The van der Waals surface area contributed by atoms with Crippen molar-refractivity contribution in [3.05, 3.63) is 62.2 Å². The Morgan fingerprint density at radius 1 is 1.19 bits per heavy atom. The molecule has 0 bridgehead atoms. The van der Waals surface area contributed by atoms with Crippen molar-refractivity contribution in [3.63, 3.8) is 0 Å². The predicted octanol–water partition coefficient (Wildman–Crippen LogP) is 1.47. The Kier molecular flexibility index (Phi) is 4.72. The number of hydrogen-bond acceptors (Lipinski definition) is 6. The Morgan fingerprint density at radius 3 is 2.54 bits per heavy atom. The highest BCUT2D eigenvalue weighted by molar-refractivity contribution is 7.14. The lowest BCUT2D eigenvalue weighted by molar-refractivity contribution is 0.102. The number of aromatic nitrogens is 3. The molecule has 0 unspecified atom stereocenters. The van der Waals surface area contributed by atoms with Gasteiger partial charge in [0, 0.05) is 31.2 Å². The molecular weight excluding hydrogens is 356 g/mol. The van der Waals surface area contributed by atoms with Crippen LogP contribution in [-0.2, 0) is 14.1 Å². The van der Waals surface area contributed by atoms with Crippen LogP contribution in [0.1, 0.15) is 10.4 Å². The maximum atomic E-state index is 12.4. The number of aryl methyl sites for hydroxylation is 1. The fourth-order valence-corrected chi connectivity index (χ4v) is 3.07. The second kappa shape index (κ2) is 6.96. The summed E-state index contributed by atoms with van der Waals surface area (Å²) in [7, 11) is 4.39. The van der Waals surface area contributed by atoms with E-state index in [9.17, 15) is 14.4 Å². The zero-order chi connectivity index (χ0) is 18.8. The van der Waals surface area contributed by atoms with E-state index in [1.807, 2.05) is 24.3 Å². The number of hydrogen-bond donors (Lipinski definition) is 1. The minimum absolute atomic E-state index is 0.129. The number of amides is 1. The summed E-state index contributed by atoms with van der Waals surface area (Å²) in [4.78, 5) is 40.6. The van der Waals surface area contributed by atoms with Crippen LogP contribution in [-0.4, -0.2) is 27.1 Å². The molecular formula is C17H16N4O4S. The van der Waals surface area contributed by atoms with Crippen LogP contribution in [0.3, 0.4) is 0 Å². The van der Waals surface area contributed by atoms with Gasteiger partial charge in [0.15, 0.2) is 5.13 Å². The van der Waals surface area contributed by atoms with Gasteiger partial charge in [0.2, 0.25) is 0 Å². The van der Waals surface area contributed by atoms with E-state index in [1.54, 1.807) is 12.5 Å². The van der Waals surface area contributed by atoms with Gasteiger partial charge in [-0.05, 0) is 24.3 Å². The van der Waals surface area contributed by atoms with E-state index in [4.69, 9.17) is 4.74 Å². The van der Waals surface area contributed by atoms with Gasteiger partial charge in [-0.15, -0.1) is 11.3 Å². The number of carbonyl (C=O) groups is 1. The summed E-state index contributed by atoms with van der Waals surface area (Å²) in [5, 5.41) is 4.76. The molecule has 2 aromatic heterocycles. The molecule has 0 saturated heterocycles. The first-order valence-electron chi connectivity index (χ1n) is 7.58. The molecule has 0 aliphatic rings. The average Bonchev–Trinajstić information content (AvgIpc) is 3.11. The molecule has 0 spiro atoms. The van der Waals surface area contributed by atoms with E-state index in [0.717, 1.165) is 15.9 Å². The summed E-state index contributed by atoms with van der Waals surface area (Å²) in [6.07, 6.45) is 1.22. The number of anilines is 1. The van der Waals surface area contributed by atoms with Crippen LogP contribution in [0.25, 0.3) is 11.3 Å². The summed E-state index contributed by atoms with van der Waals surface area (Å²) in [5.41, 5.74) is 0.290. The van der Waals surface area contributed by atoms with Crippen LogP contribution in [0.4, 0.5) is 5.13 Å². The van der Waals surface area contributed by atoms with Crippen molar-refractivity contribution in [1.82, 2.24) is 14.1 Å². The van der Waals surface area contributed by atoms with Crippen LogP contribution >= 0.6 is 11.3 Å². The van der Waals surface area contributed by atoms with Crippen LogP contribution in [0.5, 0.6) is 5.75 Å². The minimum atomic E-state index is -0.655. The fourth-order valence-electron chi connectivity index (χ4n) is 2.35. The SMILES string of the molecule is COc1ccc(-c2csc(NC(=O)c3cn(C)c(=O)n(C)c3=O)n2)cc1. The molecule has 0 radical (unpaired) electrons. The van der Waals surface area contributed by atoms with Gasteiger partial charge in [0.05, 0.1) is 12.8 Å². The number of carbonyl (C=O) groups excluding carboxylic acids is 1. The average molecular weight is 372 g/mol. The molecule has 1 N–H and O–H groups in total. The molecule has 9 heteroatoms. The van der Waals surface area contributed by atoms with Gasteiger partial charge >= 0.3 is 5.69 Å². The van der Waals surface area contributed by atoms with Crippen molar-refractivity contribution < 1.29 is 9.53 Å². The highest BCUT2D eigenvalue weighted by atomic mass is 32.1. The van der Waals surface area contributed by atoms with Crippen molar-refractivity contribution in [3.8, 4) is 17.0 Å². The van der Waals surface area contributed by atoms with Gasteiger partial charge in [-0.1, -0.05) is 0 Å². The van der Waals surface area contributed by atoms with E-state index in [1.165, 1.54) is 36.2 Å². The van der Waals surface area contributed by atoms with Crippen molar-refractivity contribution >= 4 is 22.4 Å². The number of nitrogens with one attached hydrogen (secondary N) is 1. The molecule has 2 heterocycles. The highest BCUT2D eigenvalue weighted by Crippen LogP contribution is 2.26. The maximum Gasteiger partial charge on any atom is 0.330 e. The first-order chi connectivity index (χ1) is 12.4. The maximum absolute atomic E-state index is 12.4. The third-order valence-electron chi connectivity index (χ3n) is 3.80. The first kappa shape index (κ1) is 17.6. The molecule has 3 aromatic rings. The van der Waals surface area contributed by atoms with Crippen molar-refractivity contribution in [2.45, 2.75) is 0 Å². The minimum Gasteiger partial charge on any atom is -0.497 e. The largest absolute Gasteiger partial charge is 0.497 e. The molecule has 1 amide bonds. The Labute approximate surface area is 152 Å². The number of benzene rings is 1. The summed E-state index contributed by atoms with van der Waals surface area (Å²) in [6, 6.07) is 7.37. The second-order valence-corrected chi connectivity index (χ2v) is 6.38. The fraction of sp³-hybridized carbons (Fsp3) is 0.176. The Balaban J connectivity index is 1.84. The molecule has 134 valence electrons. The van der Waals surface area contributed by atoms with Crippen LogP contribution in [0.15, 0.2) is 45.4 Å². The Hall–Kier alpha value is -3.20. The summed E-state index contributed by atoms with van der Waals surface area (Å²) >= 11 is 1.24. The molecule has 3 rings (SSSR count). The van der Waals surface area contributed by atoms with E-state index in [2.05, 4.69) is 10.3 Å². The van der Waals surface area contributed by atoms with Gasteiger partial charge in [-0.2, -0.15) is 0 Å². The van der Waals surface area contributed by atoms with E-state index >= 15 is 0 Å². The quantitative estimate of drug-likeness (QED) is 0.748. The predicted molar refractivity (Wildman–Crippen MR) is 99.0 cm³/mol. The van der Waals surface area contributed by atoms with Gasteiger partial charge in [0.1, 0.15) is 11.3 Å². The zero-order valence-electron chi connectivity index (χ0n) is 14.3. The molecule has 0 atom stereocenters. The highest BCUT2D eigenvalue weighted by Gasteiger charge is 2.16. The summed E-state index contributed by atoms with van der Waals surface area (Å²) in [6.45, 7) is 0. The monoisotopic (exact) mass is 372 g/mol. The molecule has 0 aliphatic heterocycles. The van der Waals surface area contributed by atoms with E-state index < -0.39 is 17.2 Å². The van der Waals surface area contributed by atoms with E-state index in [0.29, 0.717) is 10.8 Å². The van der Waals surface area contributed by atoms with Crippen molar-refractivity contribution in [2.75, 3.05) is 12.4 Å². The third kappa shape index (κ3) is 3.29. The summed E-state index contributed by atoms with van der Waals surface area (Å²) in [5.74, 6) is 0.125. The number of ether oxygens (including phenoxy) is 1.